The van der Waals surface area contributed by atoms with Crippen LogP contribution in [0, 0.1) is 6.92 Å². The largest absolute Gasteiger partial charge is 0.324 e. The standard InChI is InChI=1S/C25H23N3O2/c1-17-10-6-9-15-22(17)26-24(29)18(2)28-25(30)21-14-8-7-13-20(21)23(27-28)16-19-11-4-3-5-12-19/h3-15,18H,16H2,1-2H3,(H,26,29)/t18-/m1/s1. The van der Waals surface area contributed by atoms with Gasteiger partial charge in [0, 0.05) is 17.5 Å². The summed E-state index contributed by atoms with van der Waals surface area (Å²) in [5.74, 6) is -0.278. The topological polar surface area (TPSA) is 64.0 Å². The van der Waals surface area contributed by atoms with Crippen molar-refractivity contribution in [2.75, 3.05) is 5.32 Å². The fraction of sp³-hybridized carbons (Fsp3) is 0.160. The molecule has 0 aliphatic rings. The molecule has 3 aromatic carbocycles. The molecule has 5 nitrogen and oxygen atoms in total. The van der Waals surface area contributed by atoms with Gasteiger partial charge in [-0.25, -0.2) is 4.68 Å². The molecule has 1 amide bonds. The van der Waals surface area contributed by atoms with E-state index in [9.17, 15) is 9.59 Å². The van der Waals surface area contributed by atoms with Crippen LogP contribution in [0.3, 0.4) is 0 Å². The van der Waals surface area contributed by atoms with Gasteiger partial charge in [0.05, 0.1) is 11.1 Å². The molecule has 0 aliphatic carbocycles. The van der Waals surface area contributed by atoms with Crippen molar-refractivity contribution in [3.63, 3.8) is 0 Å². The summed E-state index contributed by atoms with van der Waals surface area (Å²) < 4.78 is 1.30. The van der Waals surface area contributed by atoms with Crippen LogP contribution in [-0.2, 0) is 11.2 Å². The number of amides is 1. The van der Waals surface area contributed by atoms with Gasteiger partial charge in [0.2, 0.25) is 5.91 Å². The third-order valence-electron chi connectivity index (χ3n) is 5.27. The van der Waals surface area contributed by atoms with Gasteiger partial charge in [-0.3, -0.25) is 9.59 Å². The van der Waals surface area contributed by atoms with Crippen molar-refractivity contribution in [2.45, 2.75) is 26.3 Å². The number of para-hydroxylation sites is 1. The number of fused-ring (bicyclic) bond motifs is 1. The quantitative estimate of drug-likeness (QED) is 0.539. The molecule has 1 aromatic heterocycles. The number of hydrogen-bond acceptors (Lipinski definition) is 3. The zero-order valence-electron chi connectivity index (χ0n) is 17.0. The van der Waals surface area contributed by atoms with E-state index >= 15 is 0 Å². The molecule has 0 spiro atoms. The molecule has 5 heteroatoms. The number of benzene rings is 3. The van der Waals surface area contributed by atoms with E-state index in [2.05, 4.69) is 10.4 Å². The van der Waals surface area contributed by atoms with Crippen LogP contribution >= 0.6 is 0 Å². The number of nitrogens with zero attached hydrogens (tertiary/aromatic N) is 2. The molecule has 0 bridgehead atoms. The Balaban J connectivity index is 1.74. The van der Waals surface area contributed by atoms with Gasteiger partial charge in [-0.05, 0) is 37.1 Å². The zero-order chi connectivity index (χ0) is 21.1. The number of carbonyl (C=O) groups is 1. The van der Waals surface area contributed by atoms with Crippen LogP contribution in [0.4, 0.5) is 5.69 Å². The average Bonchev–Trinajstić information content (AvgIpc) is 2.77. The smallest absolute Gasteiger partial charge is 0.275 e. The summed E-state index contributed by atoms with van der Waals surface area (Å²) >= 11 is 0. The maximum absolute atomic E-state index is 13.1. The Morgan fingerprint density at radius 3 is 2.30 bits per heavy atom. The molecule has 150 valence electrons. The van der Waals surface area contributed by atoms with Gasteiger partial charge in [-0.1, -0.05) is 66.7 Å². The lowest BCUT2D eigenvalue weighted by atomic mass is 10.0. The summed E-state index contributed by atoms with van der Waals surface area (Å²) in [6, 6.07) is 24.2. The third kappa shape index (κ3) is 3.87. The molecule has 0 unspecified atom stereocenters. The van der Waals surface area contributed by atoms with Crippen molar-refractivity contribution in [3.05, 3.63) is 106 Å². The zero-order valence-corrected chi connectivity index (χ0v) is 17.0. The van der Waals surface area contributed by atoms with E-state index in [-0.39, 0.29) is 11.5 Å². The van der Waals surface area contributed by atoms with Gasteiger partial charge in [-0.2, -0.15) is 5.10 Å². The van der Waals surface area contributed by atoms with Crippen LogP contribution < -0.4 is 10.9 Å². The van der Waals surface area contributed by atoms with E-state index in [4.69, 9.17) is 0 Å². The van der Waals surface area contributed by atoms with E-state index in [1.165, 1.54) is 4.68 Å². The molecule has 4 aromatic rings. The highest BCUT2D eigenvalue weighted by atomic mass is 16.2. The van der Waals surface area contributed by atoms with E-state index in [1.807, 2.05) is 79.7 Å². The first-order valence-corrected chi connectivity index (χ1v) is 9.95. The number of hydrogen-bond donors (Lipinski definition) is 1. The minimum absolute atomic E-state index is 0.269. The summed E-state index contributed by atoms with van der Waals surface area (Å²) in [5, 5.41) is 8.92. The Morgan fingerprint density at radius 2 is 1.57 bits per heavy atom. The van der Waals surface area contributed by atoms with Crippen molar-refractivity contribution < 1.29 is 4.79 Å². The van der Waals surface area contributed by atoms with Crippen molar-refractivity contribution >= 4 is 22.4 Å². The minimum atomic E-state index is -0.753. The SMILES string of the molecule is Cc1ccccc1NC(=O)[C@@H](C)n1nc(Cc2ccccc2)c2ccccc2c1=O. The number of carbonyl (C=O) groups excluding carboxylic acids is 1. The van der Waals surface area contributed by atoms with Crippen LogP contribution in [0.15, 0.2) is 83.7 Å². The van der Waals surface area contributed by atoms with Crippen molar-refractivity contribution in [1.82, 2.24) is 9.78 Å². The number of nitrogens with one attached hydrogen (secondary N) is 1. The maximum atomic E-state index is 13.1. The molecular formula is C25H23N3O2. The lowest BCUT2D eigenvalue weighted by molar-refractivity contribution is -0.119. The van der Waals surface area contributed by atoms with E-state index < -0.39 is 6.04 Å². The molecule has 0 saturated heterocycles. The van der Waals surface area contributed by atoms with Gasteiger partial charge in [0.25, 0.3) is 5.56 Å². The predicted molar refractivity (Wildman–Crippen MR) is 120 cm³/mol. The van der Waals surface area contributed by atoms with E-state index in [1.54, 1.807) is 13.0 Å². The predicted octanol–water partition coefficient (Wildman–Crippen LogP) is 4.50. The van der Waals surface area contributed by atoms with Gasteiger partial charge in [-0.15, -0.1) is 0 Å². The first-order valence-electron chi connectivity index (χ1n) is 9.95. The molecular weight excluding hydrogens is 374 g/mol. The number of aryl methyl sites for hydroxylation is 1. The number of aromatic nitrogens is 2. The fourth-order valence-corrected chi connectivity index (χ4v) is 3.52. The number of anilines is 1. The highest BCUT2D eigenvalue weighted by molar-refractivity contribution is 5.94. The Bertz CT molecular complexity index is 1260. The van der Waals surface area contributed by atoms with Crippen molar-refractivity contribution in [1.29, 1.82) is 0 Å². The third-order valence-corrected chi connectivity index (χ3v) is 5.27. The summed E-state index contributed by atoms with van der Waals surface area (Å²) in [6.45, 7) is 3.63. The van der Waals surface area contributed by atoms with Gasteiger partial charge in [0.1, 0.15) is 6.04 Å². The molecule has 30 heavy (non-hydrogen) atoms. The molecule has 0 fully saturated rings. The second-order valence-electron chi connectivity index (χ2n) is 7.38. The molecule has 0 radical (unpaired) electrons. The minimum Gasteiger partial charge on any atom is -0.324 e. The van der Waals surface area contributed by atoms with E-state index in [0.717, 1.165) is 27.9 Å². The fourth-order valence-electron chi connectivity index (χ4n) is 3.52. The Labute approximate surface area is 175 Å². The van der Waals surface area contributed by atoms with Crippen LogP contribution in [0.25, 0.3) is 10.8 Å². The van der Waals surface area contributed by atoms with Crippen LogP contribution in [0.5, 0.6) is 0 Å². The molecule has 1 atom stereocenters. The maximum Gasteiger partial charge on any atom is 0.275 e. The average molecular weight is 397 g/mol. The second kappa shape index (κ2) is 8.33. The molecule has 1 N–H and O–H groups in total. The van der Waals surface area contributed by atoms with E-state index in [0.29, 0.717) is 11.8 Å². The molecule has 0 saturated carbocycles. The summed E-state index contributed by atoms with van der Waals surface area (Å²) in [7, 11) is 0. The van der Waals surface area contributed by atoms with Crippen LogP contribution in [0.1, 0.15) is 29.8 Å². The summed E-state index contributed by atoms with van der Waals surface area (Å²) in [5.41, 5.74) is 3.29. The molecule has 4 rings (SSSR count). The Hall–Kier alpha value is -3.73. The molecule has 0 aliphatic heterocycles. The summed E-state index contributed by atoms with van der Waals surface area (Å²) in [6.07, 6.45) is 0.577. The second-order valence-corrected chi connectivity index (χ2v) is 7.38. The molecule has 1 heterocycles. The lowest BCUT2D eigenvalue weighted by Gasteiger charge is -2.17. The lowest BCUT2D eigenvalue weighted by Crippen LogP contribution is -2.34. The van der Waals surface area contributed by atoms with Crippen molar-refractivity contribution in [3.8, 4) is 0 Å². The van der Waals surface area contributed by atoms with Crippen LogP contribution in [-0.4, -0.2) is 15.7 Å². The van der Waals surface area contributed by atoms with Gasteiger partial charge in [0.15, 0.2) is 0 Å². The van der Waals surface area contributed by atoms with Gasteiger partial charge >= 0.3 is 0 Å². The first-order chi connectivity index (χ1) is 14.5. The monoisotopic (exact) mass is 397 g/mol. The van der Waals surface area contributed by atoms with Crippen LogP contribution in [0.2, 0.25) is 0 Å². The Kier molecular flexibility index (Phi) is 5.44. The normalized spacial score (nSPS) is 11.9. The highest BCUT2D eigenvalue weighted by Gasteiger charge is 2.21. The van der Waals surface area contributed by atoms with Crippen molar-refractivity contribution in [2.24, 2.45) is 0 Å². The first kappa shape index (κ1) is 19.6. The number of rotatable bonds is 5. The summed E-state index contributed by atoms with van der Waals surface area (Å²) in [4.78, 5) is 26.0. The Morgan fingerprint density at radius 1 is 0.933 bits per heavy atom. The highest BCUT2D eigenvalue weighted by Crippen LogP contribution is 2.19. The van der Waals surface area contributed by atoms with Gasteiger partial charge < -0.3 is 5.32 Å².